The fourth-order valence-electron chi connectivity index (χ4n) is 2.60. The van der Waals surface area contributed by atoms with Gasteiger partial charge in [0.2, 0.25) is 0 Å². The first-order chi connectivity index (χ1) is 11.2. The Balaban J connectivity index is 2.29. The van der Waals surface area contributed by atoms with Crippen molar-refractivity contribution in [2.45, 2.75) is 19.9 Å². The van der Waals surface area contributed by atoms with Crippen molar-refractivity contribution < 1.29 is 9.53 Å². The Labute approximate surface area is 133 Å². The van der Waals surface area contributed by atoms with Gasteiger partial charge >= 0.3 is 5.97 Å². The summed E-state index contributed by atoms with van der Waals surface area (Å²) in [5.41, 5.74) is 14.6. The number of nitrogen functional groups attached to an aromatic ring is 1. The number of fused-ring (bicyclic) bond motifs is 2. The monoisotopic (exact) mass is 313 g/mol. The van der Waals surface area contributed by atoms with Crippen LogP contribution in [0.3, 0.4) is 0 Å². The first kappa shape index (κ1) is 15.2. The number of anilines is 1. The van der Waals surface area contributed by atoms with Gasteiger partial charge in [0.15, 0.2) is 5.65 Å². The summed E-state index contributed by atoms with van der Waals surface area (Å²) in [6, 6.07) is 7.50. The molecular weight excluding hydrogens is 294 g/mol. The van der Waals surface area contributed by atoms with E-state index in [-0.39, 0.29) is 12.2 Å². The Hall–Kier alpha value is -2.67. The number of hydrogen-bond donors (Lipinski definition) is 2. The number of nitrogens with zero attached hydrogens (tertiary/aromatic N) is 3. The molecule has 2 heterocycles. The first-order valence-electron chi connectivity index (χ1n) is 7.59. The molecule has 7 heteroatoms. The van der Waals surface area contributed by atoms with Gasteiger partial charge in [-0.25, -0.2) is 14.8 Å². The molecule has 3 aromatic rings. The average Bonchev–Trinajstić information content (AvgIpc) is 2.82. The highest BCUT2D eigenvalue weighted by Gasteiger charge is 2.24. The van der Waals surface area contributed by atoms with Gasteiger partial charge in [0.1, 0.15) is 16.9 Å². The Morgan fingerprint density at radius 2 is 1.96 bits per heavy atom. The third-order valence-corrected chi connectivity index (χ3v) is 3.66. The minimum absolute atomic E-state index is 0.273. The number of aromatic nitrogens is 3. The smallest absolute Gasteiger partial charge is 0.344 e. The molecule has 23 heavy (non-hydrogen) atoms. The van der Waals surface area contributed by atoms with Gasteiger partial charge in [0, 0.05) is 6.54 Å². The molecule has 0 aliphatic rings. The lowest BCUT2D eigenvalue weighted by Gasteiger charge is -2.06. The maximum atomic E-state index is 12.3. The summed E-state index contributed by atoms with van der Waals surface area (Å²) in [4.78, 5) is 21.5. The number of nitrogens with two attached hydrogens (primary N) is 2. The number of aryl methyl sites for hydroxylation is 1. The molecule has 0 unspecified atom stereocenters. The quantitative estimate of drug-likeness (QED) is 0.694. The van der Waals surface area contributed by atoms with Gasteiger partial charge in [-0.15, -0.1) is 0 Å². The van der Waals surface area contributed by atoms with Crippen LogP contribution >= 0.6 is 0 Å². The van der Waals surface area contributed by atoms with Crippen LogP contribution in [0.2, 0.25) is 0 Å². The van der Waals surface area contributed by atoms with Crippen LogP contribution in [0, 0.1) is 0 Å². The van der Waals surface area contributed by atoms with Crippen LogP contribution in [0.1, 0.15) is 23.7 Å². The number of esters is 1. The molecule has 0 saturated heterocycles. The topological polar surface area (TPSA) is 109 Å². The standard InChI is InChI=1S/C16H19N5O2/c1-2-23-16(22)12-13-15(21(14(12)18)9-5-8-17)20-11-7-4-3-6-10(11)19-13/h3-4,6-7H,2,5,8-9,17-18H2,1H3. The largest absolute Gasteiger partial charge is 0.462 e. The Morgan fingerprint density at radius 3 is 2.61 bits per heavy atom. The summed E-state index contributed by atoms with van der Waals surface area (Å²) in [5.74, 6) is -0.159. The number of hydrogen-bond acceptors (Lipinski definition) is 6. The van der Waals surface area contributed by atoms with Crippen molar-refractivity contribution in [3.63, 3.8) is 0 Å². The number of benzene rings is 1. The minimum atomic E-state index is -0.480. The average molecular weight is 313 g/mol. The molecule has 3 rings (SSSR count). The zero-order valence-electron chi connectivity index (χ0n) is 13.0. The van der Waals surface area contributed by atoms with Gasteiger partial charge in [0.05, 0.1) is 17.6 Å². The SMILES string of the molecule is CCOC(=O)c1c(N)n(CCCN)c2nc3ccccc3nc12. The van der Waals surface area contributed by atoms with E-state index in [2.05, 4.69) is 9.97 Å². The third-order valence-electron chi connectivity index (χ3n) is 3.66. The van der Waals surface area contributed by atoms with E-state index >= 15 is 0 Å². The van der Waals surface area contributed by atoms with Crippen LogP contribution in [0.5, 0.6) is 0 Å². The van der Waals surface area contributed by atoms with Crippen molar-refractivity contribution >= 4 is 34.0 Å². The second-order valence-electron chi connectivity index (χ2n) is 5.16. The van der Waals surface area contributed by atoms with Crippen molar-refractivity contribution in [2.75, 3.05) is 18.9 Å². The fourth-order valence-corrected chi connectivity index (χ4v) is 2.60. The highest BCUT2D eigenvalue weighted by molar-refractivity contribution is 6.08. The molecule has 0 saturated carbocycles. The van der Waals surface area contributed by atoms with Crippen molar-refractivity contribution in [2.24, 2.45) is 5.73 Å². The number of para-hydroxylation sites is 2. The van der Waals surface area contributed by atoms with Gasteiger partial charge in [-0.1, -0.05) is 12.1 Å². The molecule has 0 aliphatic heterocycles. The molecule has 7 nitrogen and oxygen atoms in total. The second kappa shape index (κ2) is 6.21. The zero-order chi connectivity index (χ0) is 16.4. The lowest BCUT2D eigenvalue weighted by molar-refractivity contribution is 0.0529. The Kier molecular flexibility index (Phi) is 4.12. The van der Waals surface area contributed by atoms with E-state index in [0.29, 0.717) is 35.6 Å². The number of rotatable bonds is 5. The molecule has 120 valence electrons. The van der Waals surface area contributed by atoms with Crippen LogP contribution in [-0.2, 0) is 11.3 Å². The number of carbonyl (C=O) groups is 1. The summed E-state index contributed by atoms with van der Waals surface area (Å²) in [6.45, 7) is 3.12. The van der Waals surface area contributed by atoms with Gasteiger partial charge in [-0.3, -0.25) is 0 Å². The fraction of sp³-hybridized carbons (Fsp3) is 0.312. The number of carbonyl (C=O) groups excluding carboxylic acids is 1. The molecule has 0 amide bonds. The van der Waals surface area contributed by atoms with Crippen LogP contribution < -0.4 is 11.5 Å². The predicted molar refractivity (Wildman–Crippen MR) is 89.1 cm³/mol. The molecule has 0 fully saturated rings. The van der Waals surface area contributed by atoms with E-state index in [1.54, 1.807) is 11.5 Å². The van der Waals surface area contributed by atoms with Crippen LogP contribution in [-0.4, -0.2) is 33.7 Å². The van der Waals surface area contributed by atoms with E-state index < -0.39 is 5.97 Å². The van der Waals surface area contributed by atoms with Crippen molar-refractivity contribution in [1.29, 1.82) is 0 Å². The summed E-state index contributed by atoms with van der Waals surface area (Å²) >= 11 is 0. The highest BCUT2D eigenvalue weighted by atomic mass is 16.5. The maximum absolute atomic E-state index is 12.3. The molecule has 0 spiro atoms. The summed E-state index contributed by atoms with van der Waals surface area (Å²) in [6.07, 6.45) is 0.727. The van der Waals surface area contributed by atoms with E-state index in [9.17, 15) is 4.79 Å². The lowest BCUT2D eigenvalue weighted by Crippen LogP contribution is -2.11. The highest BCUT2D eigenvalue weighted by Crippen LogP contribution is 2.28. The van der Waals surface area contributed by atoms with E-state index in [1.807, 2.05) is 24.3 Å². The molecule has 1 aromatic carbocycles. The zero-order valence-corrected chi connectivity index (χ0v) is 13.0. The molecule has 2 aromatic heterocycles. The molecule has 4 N–H and O–H groups in total. The number of ether oxygens (including phenoxy) is 1. The third kappa shape index (κ3) is 2.59. The second-order valence-corrected chi connectivity index (χ2v) is 5.16. The first-order valence-corrected chi connectivity index (χ1v) is 7.59. The van der Waals surface area contributed by atoms with Crippen molar-refractivity contribution in [1.82, 2.24) is 14.5 Å². The molecular formula is C16H19N5O2. The van der Waals surface area contributed by atoms with Crippen LogP contribution in [0.25, 0.3) is 22.2 Å². The Bertz CT molecular complexity index is 872. The van der Waals surface area contributed by atoms with E-state index in [4.69, 9.17) is 16.2 Å². The lowest BCUT2D eigenvalue weighted by atomic mass is 10.2. The van der Waals surface area contributed by atoms with Crippen molar-refractivity contribution in [3.05, 3.63) is 29.8 Å². The van der Waals surface area contributed by atoms with Gasteiger partial charge < -0.3 is 20.8 Å². The summed E-state index contributed by atoms with van der Waals surface area (Å²) in [5, 5.41) is 0. The Morgan fingerprint density at radius 1 is 1.26 bits per heavy atom. The molecule has 0 radical (unpaired) electrons. The van der Waals surface area contributed by atoms with Crippen LogP contribution in [0.15, 0.2) is 24.3 Å². The van der Waals surface area contributed by atoms with Gasteiger partial charge in [-0.2, -0.15) is 0 Å². The molecule has 0 bridgehead atoms. The predicted octanol–water partition coefficient (Wildman–Crippen LogP) is 1.69. The summed E-state index contributed by atoms with van der Waals surface area (Å²) in [7, 11) is 0. The van der Waals surface area contributed by atoms with Crippen molar-refractivity contribution in [3.8, 4) is 0 Å². The minimum Gasteiger partial charge on any atom is -0.462 e. The van der Waals surface area contributed by atoms with Gasteiger partial charge in [-0.05, 0) is 32.0 Å². The van der Waals surface area contributed by atoms with E-state index in [0.717, 1.165) is 11.9 Å². The van der Waals surface area contributed by atoms with Crippen LogP contribution in [0.4, 0.5) is 5.82 Å². The molecule has 0 atom stereocenters. The molecule has 0 aliphatic carbocycles. The normalized spacial score (nSPS) is 11.2. The van der Waals surface area contributed by atoms with E-state index in [1.165, 1.54) is 0 Å². The maximum Gasteiger partial charge on any atom is 0.344 e. The summed E-state index contributed by atoms with van der Waals surface area (Å²) < 4.78 is 6.91. The van der Waals surface area contributed by atoms with Gasteiger partial charge in [0.25, 0.3) is 0 Å².